The molecule has 1 N–H and O–H groups in total. The lowest BCUT2D eigenvalue weighted by molar-refractivity contribution is -0.137. The maximum Gasteiger partial charge on any atom is 0.418 e. The molecule has 134 valence electrons. The molecule has 2 fully saturated rings. The lowest BCUT2D eigenvalue weighted by Gasteiger charge is -2.42. The highest BCUT2D eigenvalue weighted by Crippen LogP contribution is 2.38. The molecular formula is C17H19F3N4O. The Morgan fingerprint density at radius 2 is 2.08 bits per heavy atom. The van der Waals surface area contributed by atoms with Crippen molar-refractivity contribution in [2.75, 3.05) is 37.6 Å². The lowest BCUT2D eigenvalue weighted by atomic mass is 10.00. The number of rotatable bonds is 2. The molecule has 5 nitrogen and oxygen atoms in total. The number of benzene rings is 1. The largest absolute Gasteiger partial charge is 0.418 e. The van der Waals surface area contributed by atoms with Crippen molar-refractivity contribution in [1.29, 1.82) is 5.26 Å². The number of piperazine rings is 1. The van der Waals surface area contributed by atoms with E-state index < -0.39 is 11.7 Å². The fraction of sp³-hybridized carbons (Fsp3) is 0.529. The third-order valence-corrected chi connectivity index (χ3v) is 4.74. The van der Waals surface area contributed by atoms with Gasteiger partial charge in [-0.3, -0.25) is 4.79 Å². The number of hydrogen-bond donors (Lipinski definition) is 1. The highest BCUT2D eigenvalue weighted by Gasteiger charge is 2.37. The molecule has 25 heavy (non-hydrogen) atoms. The average Bonchev–Trinajstić information content (AvgIpc) is 2.61. The maximum absolute atomic E-state index is 13.4. The molecule has 8 heteroatoms. The van der Waals surface area contributed by atoms with Crippen molar-refractivity contribution in [2.45, 2.75) is 25.1 Å². The van der Waals surface area contributed by atoms with Gasteiger partial charge < -0.3 is 15.1 Å². The Balaban J connectivity index is 1.88. The summed E-state index contributed by atoms with van der Waals surface area (Å²) in [6.07, 6.45) is -3.00. The molecule has 0 bridgehead atoms. The molecule has 0 radical (unpaired) electrons. The molecule has 0 aromatic heterocycles. The third kappa shape index (κ3) is 3.71. The van der Waals surface area contributed by atoms with Gasteiger partial charge in [0.15, 0.2) is 0 Å². The van der Waals surface area contributed by atoms with Crippen LogP contribution in [0.15, 0.2) is 18.2 Å². The van der Waals surface area contributed by atoms with Crippen LogP contribution in [-0.4, -0.2) is 49.6 Å². The number of nitrogens with zero attached hydrogens (tertiary/aromatic N) is 3. The van der Waals surface area contributed by atoms with E-state index in [1.807, 2.05) is 6.07 Å². The van der Waals surface area contributed by atoms with Crippen LogP contribution < -0.4 is 10.2 Å². The van der Waals surface area contributed by atoms with E-state index in [9.17, 15) is 18.0 Å². The van der Waals surface area contributed by atoms with E-state index in [1.54, 1.807) is 9.80 Å². The van der Waals surface area contributed by atoms with Crippen molar-refractivity contribution >= 4 is 11.6 Å². The number of piperidine rings is 1. The van der Waals surface area contributed by atoms with E-state index >= 15 is 0 Å². The smallest absolute Gasteiger partial charge is 0.369 e. The molecule has 0 aliphatic carbocycles. The van der Waals surface area contributed by atoms with E-state index in [1.165, 1.54) is 12.1 Å². The van der Waals surface area contributed by atoms with Crippen molar-refractivity contribution in [2.24, 2.45) is 0 Å². The van der Waals surface area contributed by atoms with Crippen LogP contribution in [0.2, 0.25) is 0 Å². The minimum Gasteiger partial charge on any atom is -0.369 e. The highest BCUT2D eigenvalue weighted by atomic mass is 19.4. The molecule has 1 aromatic rings. The second-order valence-corrected chi connectivity index (χ2v) is 6.35. The summed E-state index contributed by atoms with van der Waals surface area (Å²) in [5.74, 6) is -0.0140. The Hall–Kier alpha value is -2.27. The van der Waals surface area contributed by atoms with E-state index in [4.69, 9.17) is 5.26 Å². The van der Waals surface area contributed by atoms with Crippen molar-refractivity contribution in [3.63, 3.8) is 0 Å². The van der Waals surface area contributed by atoms with Gasteiger partial charge in [-0.2, -0.15) is 18.4 Å². The minimum absolute atomic E-state index is 0.0140. The fourth-order valence-corrected chi connectivity index (χ4v) is 3.54. The first-order chi connectivity index (χ1) is 11.9. The molecule has 2 aliphatic rings. The summed E-state index contributed by atoms with van der Waals surface area (Å²) in [6.45, 7) is 2.37. The van der Waals surface area contributed by atoms with Gasteiger partial charge in [0.1, 0.15) is 0 Å². The Morgan fingerprint density at radius 1 is 1.28 bits per heavy atom. The molecule has 1 atom stereocenters. The second-order valence-electron chi connectivity index (χ2n) is 6.35. The van der Waals surface area contributed by atoms with Crippen molar-refractivity contribution in [3.05, 3.63) is 29.3 Å². The molecule has 1 aromatic carbocycles. The quantitative estimate of drug-likeness (QED) is 0.884. The number of carbonyl (C=O) groups is 1. The van der Waals surface area contributed by atoms with Crippen molar-refractivity contribution < 1.29 is 18.0 Å². The number of carbonyl (C=O) groups excluding carboxylic acids is 1. The first-order valence-corrected chi connectivity index (χ1v) is 8.26. The first-order valence-electron chi connectivity index (χ1n) is 8.26. The van der Waals surface area contributed by atoms with Gasteiger partial charge in [0.2, 0.25) is 5.91 Å². The van der Waals surface area contributed by atoms with E-state index in [0.29, 0.717) is 32.6 Å². The summed E-state index contributed by atoms with van der Waals surface area (Å²) in [5.41, 5.74) is -0.513. The Morgan fingerprint density at radius 3 is 2.76 bits per heavy atom. The zero-order chi connectivity index (χ0) is 18.0. The molecule has 2 aliphatic heterocycles. The first kappa shape index (κ1) is 17.5. The van der Waals surface area contributed by atoms with Crippen molar-refractivity contribution in [1.82, 2.24) is 10.2 Å². The van der Waals surface area contributed by atoms with Crippen LogP contribution in [-0.2, 0) is 11.0 Å². The molecule has 0 saturated carbocycles. The summed E-state index contributed by atoms with van der Waals surface area (Å²) in [5, 5.41) is 12.0. The van der Waals surface area contributed by atoms with Crippen molar-refractivity contribution in [3.8, 4) is 6.07 Å². The normalized spacial score (nSPS) is 22.0. The maximum atomic E-state index is 13.4. The van der Waals surface area contributed by atoms with Crippen LogP contribution in [0.3, 0.4) is 0 Å². The van der Waals surface area contributed by atoms with E-state index in [2.05, 4.69) is 5.32 Å². The summed E-state index contributed by atoms with van der Waals surface area (Å²) in [6, 6.07) is 5.25. The van der Waals surface area contributed by atoms with Gasteiger partial charge in [-0.05, 0) is 31.0 Å². The minimum atomic E-state index is -4.48. The van der Waals surface area contributed by atoms with Crippen LogP contribution in [0.25, 0.3) is 0 Å². The second kappa shape index (κ2) is 6.92. The molecule has 2 heterocycles. The number of nitriles is 1. The van der Waals surface area contributed by atoms with Gasteiger partial charge in [-0.1, -0.05) is 0 Å². The molecule has 2 saturated heterocycles. The summed E-state index contributed by atoms with van der Waals surface area (Å²) in [7, 11) is 0. The number of hydrogen-bond acceptors (Lipinski definition) is 4. The van der Waals surface area contributed by atoms with Crippen LogP contribution in [0.1, 0.15) is 24.0 Å². The predicted molar refractivity (Wildman–Crippen MR) is 86.0 cm³/mol. The van der Waals surface area contributed by atoms with Crippen LogP contribution >= 0.6 is 0 Å². The van der Waals surface area contributed by atoms with Gasteiger partial charge in [0.25, 0.3) is 0 Å². The summed E-state index contributed by atoms with van der Waals surface area (Å²) >= 11 is 0. The molecule has 0 spiro atoms. The number of amides is 1. The Kier molecular flexibility index (Phi) is 4.86. The standard InChI is InChI=1S/C17H19F3N4O/c18-17(19,20)14-4-3-12(9-21)8-15(14)23-6-1-2-13(11-23)24-7-5-22-10-16(24)25/h3-4,8,13,22H,1-2,5-7,10-11H2. The fourth-order valence-electron chi connectivity index (χ4n) is 3.54. The number of nitrogens with one attached hydrogen (secondary N) is 1. The molecular weight excluding hydrogens is 333 g/mol. The van der Waals surface area contributed by atoms with E-state index in [0.717, 1.165) is 12.5 Å². The Labute approximate surface area is 144 Å². The molecule has 1 unspecified atom stereocenters. The monoisotopic (exact) mass is 352 g/mol. The van der Waals surface area contributed by atoms with Crippen LogP contribution in [0.4, 0.5) is 18.9 Å². The summed E-state index contributed by atoms with van der Waals surface area (Å²) < 4.78 is 40.1. The SMILES string of the molecule is N#Cc1ccc(C(F)(F)F)c(N2CCCC(N3CCNCC3=O)C2)c1. The van der Waals surface area contributed by atoms with Gasteiger partial charge in [0.05, 0.1) is 29.4 Å². The number of halogens is 3. The lowest BCUT2D eigenvalue weighted by Crippen LogP contribution is -2.57. The van der Waals surface area contributed by atoms with Gasteiger partial charge in [0, 0.05) is 32.2 Å². The van der Waals surface area contributed by atoms with E-state index in [-0.39, 0.29) is 29.7 Å². The third-order valence-electron chi connectivity index (χ3n) is 4.74. The highest BCUT2D eigenvalue weighted by molar-refractivity contribution is 5.79. The zero-order valence-electron chi connectivity index (χ0n) is 13.6. The zero-order valence-corrected chi connectivity index (χ0v) is 13.6. The molecule has 1 amide bonds. The van der Waals surface area contributed by atoms with Gasteiger partial charge in [-0.15, -0.1) is 0 Å². The average molecular weight is 352 g/mol. The topological polar surface area (TPSA) is 59.4 Å². The number of anilines is 1. The van der Waals surface area contributed by atoms with Crippen LogP contribution in [0.5, 0.6) is 0 Å². The van der Waals surface area contributed by atoms with Crippen LogP contribution in [0, 0.1) is 11.3 Å². The van der Waals surface area contributed by atoms with Gasteiger partial charge >= 0.3 is 6.18 Å². The van der Waals surface area contributed by atoms with Gasteiger partial charge in [-0.25, -0.2) is 0 Å². The predicted octanol–water partition coefficient (Wildman–Crippen LogP) is 1.98. The number of alkyl halides is 3. The molecule has 3 rings (SSSR count). The Bertz CT molecular complexity index is 698. The summed E-state index contributed by atoms with van der Waals surface area (Å²) in [4.78, 5) is 15.5.